The van der Waals surface area contributed by atoms with E-state index in [0.717, 1.165) is 11.3 Å². The first kappa shape index (κ1) is 15.2. The number of ether oxygens (including phenoxy) is 1. The average molecular weight is 316 g/mol. The standard InChI is InChI=1S/C16H16N2O5/c1-2-8-23-11-5-3-4-9-13(11)16(22)18(15(9)21)10-6-7-12(19)17-14(10)20/h3-5,10H,2,6-8H2,1H3,(H,17,19,20)/t10-/m0/s1. The number of hydrogen-bond acceptors (Lipinski definition) is 5. The van der Waals surface area contributed by atoms with Gasteiger partial charge < -0.3 is 4.74 Å². The van der Waals surface area contributed by atoms with Crippen molar-refractivity contribution in [2.75, 3.05) is 6.61 Å². The zero-order chi connectivity index (χ0) is 16.6. The Kier molecular flexibility index (Phi) is 3.85. The first-order valence-electron chi connectivity index (χ1n) is 7.52. The number of imide groups is 2. The van der Waals surface area contributed by atoms with Crippen molar-refractivity contribution in [1.29, 1.82) is 0 Å². The molecule has 4 amide bonds. The molecule has 1 aromatic carbocycles. The highest BCUT2D eigenvalue weighted by Gasteiger charge is 2.45. The van der Waals surface area contributed by atoms with Crippen LogP contribution >= 0.6 is 0 Å². The van der Waals surface area contributed by atoms with Crippen LogP contribution in [-0.2, 0) is 9.59 Å². The highest BCUT2D eigenvalue weighted by atomic mass is 16.5. The molecule has 1 saturated heterocycles. The zero-order valence-electron chi connectivity index (χ0n) is 12.6. The fourth-order valence-corrected chi connectivity index (χ4v) is 2.82. The summed E-state index contributed by atoms with van der Waals surface area (Å²) in [6.45, 7) is 2.36. The minimum Gasteiger partial charge on any atom is -0.493 e. The summed E-state index contributed by atoms with van der Waals surface area (Å²) in [4.78, 5) is 49.4. The van der Waals surface area contributed by atoms with Crippen molar-refractivity contribution >= 4 is 23.6 Å². The molecule has 1 fully saturated rings. The molecule has 23 heavy (non-hydrogen) atoms. The number of amides is 4. The van der Waals surface area contributed by atoms with Crippen molar-refractivity contribution < 1.29 is 23.9 Å². The Balaban J connectivity index is 1.94. The third kappa shape index (κ3) is 2.48. The van der Waals surface area contributed by atoms with E-state index in [4.69, 9.17) is 4.74 Å². The predicted molar refractivity (Wildman–Crippen MR) is 78.9 cm³/mol. The highest BCUT2D eigenvalue weighted by Crippen LogP contribution is 2.33. The van der Waals surface area contributed by atoms with Crippen LogP contribution in [0.5, 0.6) is 5.75 Å². The van der Waals surface area contributed by atoms with E-state index in [0.29, 0.717) is 12.4 Å². The molecule has 0 bridgehead atoms. The first-order chi connectivity index (χ1) is 11.0. The van der Waals surface area contributed by atoms with E-state index in [9.17, 15) is 19.2 Å². The maximum atomic E-state index is 12.7. The molecule has 7 heteroatoms. The van der Waals surface area contributed by atoms with Gasteiger partial charge in [0, 0.05) is 6.42 Å². The summed E-state index contributed by atoms with van der Waals surface area (Å²) in [5.41, 5.74) is 0.420. The Hall–Kier alpha value is -2.70. The topological polar surface area (TPSA) is 92.8 Å². The van der Waals surface area contributed by atoms with Gasteiger partial charge in [0.2, 0.25) is 11.8 Å². The van der Waals surface area contributed by atoms with Crippen LogP contribution in [0.1, 0.15) is 46.9 Å². The number of piperidine rings is 1. The van der Waals surface area contributed by atoms with Gasteiger partial charge in [0.25, 0.3) is 11.8 Å². The Bertz CT molecular complexity index is 712. The van der Waals surface area contributed by atoms with Crippen LogP contribution in [-0.4, -0.2) is 41.2 Å². The molecule has 2 aliphatic rings. The maximum Gasteiger partial charge on any atom is 0.266 e. The highest BCUT2D eigenvalue weighted by molar-refractivity contribution is 6.24. The summed E-state index contributed by atoms with van der Waals surface area (Å²) in [6.07, 6.45) is 1.01. The lowest BCUT2D eigenvalue weighted by atomic mass is 10.0. The molecule has 0 radical (unpaired) electrons. The molecule has 0 unspecified atom stereocenters. The summed E-state index contributed by atoms with van der Waals surface area (Å²) in [5, 5.41) is 2.17. The van der Waals surface area contributed by atoms with Gasteiger partial charge in [-0.15, -0.1) is 0 Å². The second kappa shape index (κ2) is 5.83. The Labute approximate surface area is 132 Å². The van der Waals surface area contributed by atoms with Gasteiger partial charge >= 0.3 is 0 Å². The Morgan fingerprint density at radius 3 is 2.70 bits per heavy atom. The van der Waals surface area contributed by atoms with Crippen LogP contribution < -0.4 is 10.1 Å². The van der Waals surface area contributed by atoms with E-state index in [1.807, 2.05) is 6.92 Å². The van der Waals surface area contributed by atoms with Gasteiger partial charge in [-0.1, -0.05) is 13.0 Å². The first-order valence-corrected chi connectivity index (χ1v) is 7.52. The molecule has 2 aliphatic heterocycles. The number of benzene rings is 1. The molecule has 0 aliphatic carbocycles. The summed E-state index contributed by atoms with van der Waals surface area (Å²) in [7, 11) is 0. The molecule has 1 aromatic rings. The van der Waals surface area contributed by atoms with Gasteiger partial charge in [-0.3, -0.25) is 29.4 Å². The van der Waals surface area contributed by atoms with E-state index >= 15 is 0 Å². The number of rotatable bonds is 4. The molecule has 0 spiro atoms. The third-order valence-corrected chi connectivity index (χ3v) is 3.89. The predicted octanol–water partition coefficient (Wildman–Crippen LogP) is 0.877. The van der Waals surface area contributed by atoms with Crippen LogP contribution in [0.3, 0.4) is 0 Å². The summed E-state index contributed by atoms with van der Waals surface area (Å²) in [5.74, 6) is -1.74. The zero-order valence-corrected chi connectivity index (χ0v) is 12.6. The average Bonchev–Trinajstić information content (AvgIpc) is 2.78. The Morgan fingerprint density at radius 2 is 2.00 bits per heavy atom. The van der Waals surface area contributed by atoms with Crippen molar-refractivity contribution in [3.05, 3.63) is 29.3 Å². The molecule has 7 nitrogen and oxygen atoms in total. The second-order valence-corrected chi connectivity index (χ2v) is 5.47. The van der Waals surface area contributed by atoms with Gasteiger partial charge in [0.1, 0.15) is 11.8 Å². The molecule has 1 atom stereocenters. The molecule has 1 N–H and O–H groups in total. The Morgan fingerprint density at radius 1 is 1.22 bits per heavy atom. The van der Waals surface area contributed by atoms with E-state index in [-0.39, 0.29) is 24.0 Å². The lowest BCUT2D eigenvalue weighted by Crippen LogP contribution is -2.54. The maximum absolute atomic E-state index is 12.7. The van der Waals surface area contributed by atoms with Gasteiger partial charge in [-0.2, -0.15) is 0 Å². The fraction of sp³-hybridized carbons (Fsp3) is 0.375. The summed E-state index contributed by atoms with van der Waals surface area (Å²) < 4.78 is 5.54. The minimum atomic E-state index is -0.959. The minimum absolute atomic E-state index is 0.100. The van der Waals surface area contributed by atoms with Crippen molar-refractivity contribution in [3.63, 3.8) is 0 Å². The second-order valence-electron chi connectivity index (χ2n) is 5.47. The van der Waals surface area contributed by atoms with Gasteiger partial charge in [-0.25, -0.2) is 0 Å². The van der Waals surface area contributed by atoms with Gasteiger partial charge in [-0.05, 0) is 25.0 Å². The lowest BCUT2D eigenvalue weighted by Gasteiger charge is -2.27. The summed E-state index contributed by atoms with van der Waals surface area (Å²) in [6, 6.07) is 3.86. The molecular formula is C16H16N2O5. The van der Waals surface area contributed by atoms with Crippen molar-refractivity contribution in [2.24, 2.45) is 0 Å². The van der Waals surface area contributed by atoms with E-state index < -0.39 is 29.7 Å². The van der Waals surface area contributed by atoms with Crippen molar-refractivity contribution in [2.45, 2.75) is 32.2 Å². The van der Waals surface area contributed by atoms with Crippen LogP contribution in [0, 0.1) is 0 Å². The molecule has 0 aromatic heterocycles. The third-order valence-electron chi connectivity index (χ3n) is 3.89. The number of nitrogens with one attached hydrogen (secondary N) is 1. The molecule has 0 saturated carbocycles. The van der Waals surface area contributed by atoms with E-state index in [1.54, 1.807) is 18.2 Å². The molecule has 2 heterocycles. The van der Waals surface area contributed by atoms with Crippen molar-refractivity contribution in [1.82, 2.24) is 10.2 Å². The van der Waals surface area contributed by atoms with Crippen molar-refractivity contribution in [3.8, 4) is 5.75 Å². The van der Waals surface area contributed by atoms with E-state index in [2.05, 4.69) is 5.32 Å². The van der Waals surface area contributed by atoms with Gasteiger partial charge in [0.15, 0.2) is 0 Å². The van der Waals surface area contributed by atoms with Crippen LogP contribution in [0.25, 0.3) is 0 Å². The van der Waals surface area contributed by atoms with Crippen LogP contribution in [0.4, 0.5) is 0 Å². The van der Waals surface area contributed by atoms with Crippen LogP contribution in [0.2, 0.25) is 0 Å². The summed E-state index contributed by atoms with van der Waals surface area (Å²) >= 11 is 0. The fourth-order valence-electron chi connectivity index (χ4n) is 2.82. The molecule has 120 valence electrons. The SMILES string of the molecule is CCCOc1cccc2c1C(=O)N([C@H]1CCC(=O)NC1=O)C2=O. The largest absolute Gasteiger partial charge is 0.493 e. The van der Waals surface area contributed by atoms with Gasteiger partial charge in [0.05, 0.1) is 17.7 Å². The van der Waals surface area contributed by atoms with Crippen LogP contribution in [0.15, 0.2) is 18.2 Å². The lowest BCUT2D eigenvalue weighted by molar-refractivity contribution is -0.136. The number of fused-ring (bicyclic) bond motifs is 1. The number of nitrogens with zero attached hydrogens (tertiary/aromatic N) is 1. The molecular weight excluding hydrogens is 300 g/mol. The normalized spacial score (nSPS) is 20.6. The quantitative estimate of drug-likeness (QED) is 0.832. The molecule has 3 rings (SSSR count). The number of carbonyl (C=O) groups excluding carboxylic acids is 4. The smallest absolute Gasteiger partial charge is 0.266 e. The van der Waals surface area contributed by atoms with E-state index in [1.165, 1.54) is 0 Å². The number of hydrogen-bond donors (Lipinski definition) is 1. The number of carbonyl (C=O) groups is 4. The monoisotopic (exact) mass is 316 g/mol.